The highest BCUT2D eigenvalue weighted by atomic mass is 35.5. The van der Waals surface area contributed by atoms with Gasteiger partial charge in [-0.05, 0) is 29.3 Å². The SMILES string of the molecule is CC1C=C(c2ccc(Cl)cc2)Sc2ccccc21. The Morgan fingerprint density at radius 3 is 2.50 bits per heavy atom. The first-order chi connectivity index (χ1) is 8.74. The second kappa shape index (κ2) is 4.83. The van der Waals surface area contributed by atoms with Crippen LogP contribution >= 0.6 is 23.4 Å². The summed E-state index contributed by atoms with van der Waals surface area (Å²) in [6, 6.07) is 16.7. The van der Waals surface area contributed by atoms with Gasteiger partial charge in [0.2, 0.25) is 0 Å². The van der Waals surface area contributed by atoms with E-state index in [1.165, 1.54) is 20.9 Å². The molecule has 1 aliphatic rings. The van der Waals surface area contributed by atoms with Gasteiger partial charge in [-0.25, -0.2) is 0 Å². The molecule has 0 spiro atoms. The maximum atomic E-state index is 5.93. The van der Waals surface area contributed by atoms with E-state index in [9.17, 15) is 0 Å². The summed E-state index contributed by atoms with van der Waals surface area (Å²) in [6.45, 7) is 2.24. The van der Waals surface area contributed by atoms with E-state index in [0.29, 0.717) is 5.92 Å². The monoisotopic (exact) mass is 272 g/mol. The van der Waals surface area contributed by atoms with E-state index in [4.69, 9.17) is 11.6 Å². The van der Waals surface area contributed by atoms with Crippen molar-refractivity contribution in [1.29, 1.82) is 0 Å². The third-order valence-electron chi connectivity index (χ3n) is 3.16. The summed E-state index contributed by atoms with van der Waals surface area (Å²) >= 11 is 7.77. The van der Waals surface area contributed by atoms with Gasteiger partial charge < -0.3 is 0 Å². The van der Waals surface area contributed by atoms with Crippen LogP contribution in [0.4, 0.5) is 0 Å². The van der Waals surface area contributed by atoms with Gasteiger partial charge in [0.05, 0.1) is 0 Å². The average Bonchev–Trinajstić information content (AvgIpc) is 2.39. The molecule has 0 aliphatic carbocycles. The van der Waals surface area contributed by atoms with Crippen molar-refractivity contribution >= 4 is 28.3 Å². The summed E-state index contributed by atoms with van der Waals surface area (Å²) in [5.41, 5.74) is 2.66. The molecule has 2 aromatic rings. The third kappa shape index (κ3) is 2.21. The minimum Gasteiger partial charge on any atom is -0.0895 e. The van der Waals surface area contributed by atoms with Crippen molar-refractivity contribution < 1.29 is 0 Å². The van der Waals surface area contributed by atoms with E-state index in [0.717, 1.165) is 5.02 Å². The topological polar surface area (TPSA) is 0 Å². The number of hydrogen-bond donors (Lipinski definition) is 0. The van der Waals surface area contributed by atoms with Gasteiger partial charge in [0.25, 0.3) is 0 Å². The summed E-state index contributed by atoms with van der Waals surface area (Å²) in [5, 5.41) is 0.786. The number of halogens is 1. The maximum absolute atomic E-state index is 5.93. The van der Waals surface area contributed by atoms with Crippen LogP contribution in [-0.4, -0.2) is 0 Å². The van der Waals surface area contributed by atoms with E-state index in [1.807, 2.05) is 23.9 Å². The minimum absolute atomic E-state index is 0.466. The van der Waals surface area contributed by atoms with Crippen LogP contribution in [0.2, 0.25) is 5.02 Å². The highest BCUT2D eigenvalue weighted by molar-refractivity contribution is 8.08. The van der Waals surface area contributed by atoms with Gasteiger partial charge in [-0.2, -0.15) is 0 Å². The molecule has 0 fully saturated rings. The molecule has 0 radical (unpaired) electrons. The van der Waals surface area contributed by atoms with Gasteiger partial charge in [0, 0.05) is 20.7 Å². The fourth-order valence-electron chi connectivity index (χ4n) is 2.19. The highest BCUT2D eigenvalue weighted by Gasteiger charge is 2.17. The van der Waals surface area contributed by atoms with E-state index in [1.54, 1.807) is 0 Å². The zero-order valence-electron chi connectivity index (χ0n) is 10.1. The van der Waals surface area contributed by atoms with E-state index < -0.39 is 0 Å². The Morgan fingerprint density at radius 1 is 1.00 bits per heavy atom. The van der Waals surface area contributed by atoms with Gasteiger partial charge in [0.15, 0.2) is 0 Å². The van der Waals surface area contributed by atoms with Gasteiger partial charge in [-0.3, -0.25) is 0 Å². The maximum Gasteiger partial charge on any atom is 0.0406 e. The first-order valence-corrected chi connectivity index (χ1v) is 7.18. The van der Waals surface area contributed by atoms with Crippen molar-refractivity contribution in [2.24, 2.45) is 0 Å². The van der Waals surface area contributed by atoms with Crippen molar-refractivity contribution in [1.82, 2.24) is 0 Å². The Bertz CT molecular complexity index is 599. The lowest BCUT2D eigenvalue weighted by Gasteiger charge is -2.21. The quantitative estimate of drug-likeness (QED) is 0.652. The number of fused-ring (bicyclic) bond motifs is 1. The number of allylic oxidation sites excluding steroid dienone is 1. The number of rotatable bonds is 1. The Hall–Kier alpha value is -1.18. The average molecular weight is 273 g/mol. The first-order valence-electron chi connectivity index (χ1n) is 5.98. The zero-order chi connectivity index (χ0) is 12.5. The lowest BCUT2D eigenvalue weighted by atomic mass is 9.99. The zero-order valence-corrected chi connectivity index (χ0v) is 11.6. The van der Waals surface area contributed by atoms with E-state index >= 15 is 0 Å². The molecule has 2 aromatic carbocycles. The normalized spacial score (nSPS) is 18.1. The van der Waals surface area contributed by atoms with Crippen molar-refractivity contribution in [3.8, 4) is 0 Å². The first kappa shape index (κ1) is 11.9. The van der Waals surface area contributed by atoms with Gasteiger partial charge in [-0.15, -0.1) is 0 Å². The second-order valence-corrected chi connectivity index (χ2v) is 5.99. The molecule has 1 aliphatic heterocycles. The fraction of sp³-hybridized carbons (Fsp3) is 0.125. The number of thioether (sulfide) groups is 1. The summed E-state index contributed by atoms with van der Waals surface area (Å²) < 4.78 is 0. The molecule has 0 saturated heterocycles. The van der Waals surface area contributed by atoms with Crippen molar-refractivity contribution in [2.45, 2.75) is 17.7 Å². The van der Waals surface area contributed by atoms with Crippen molar-refractivity contribution in [2.75, 3.05) is 0 Å². The summed E-state index contributed by atoms with van der Waals surface area (Å²) in [4.78, 5) is 2.68. The smallest absolute Gasteiger partial charge is 0.0406 e. The van der Waals surface area contributed by atoms with Crippen LogP contribution < -0.4 is 0 Å². The number of benzene rings is 2. The van der Waals surface area contributed by atoms with Crippen LogP contribution in [0.15, 0.2) is 59.5 Å². The third-order valence-corrected chi connectivity index (χ3v) is 4.59. The second-order valence-electron chi connectivity index (χ2n) is 4.47. The lowest BCUT2D eigenvalue weighted by molar-refractivity contribution is 0.933. The number of hydrogen-bond acceptors (Lipinski definition) is 1. The van der Waals surface area contributed by atoms with E-state index in [2.05, 4.69) is 49.4 Å². The van der Waals surface area contributed by atoms with Gasteiger partial charge in [0.1, 0.15) is 0 Å². The standard InChI is InChI=1S/C16H13ClS/c1-11-10-16(12-6-8-13(17)9-7-12)18-15-5-3-2-4-14(11)15/h2-11H,1H3. The molecule has 3 rings (SSSR count). The van der Waals surface area contributed by atoms with Crippen LogP contribution in [0.1, 0.15) is 24.0 Å². The fourth-order valence-corrected chi connectivity index (χ4v) is 3.60. The molecule has 0 bridgehead atoms. The Morgan fingerprint density at radius 2 is 1.72 bits per heavy atom. The predicted molar refractivity (Wildman–Crippen MR) is 80.1 cm³/mol. The molecular weight excluding hydrogens is 260 g/mol. The minimum atomic E-state index is 0.466. The largest absolute Gasteiger partial charge is 0.0895 e. The predicted octanol–water partition coefficient (Wildman–Crippen LogP) is 5.59. The van der Waals surface area contributed by atoms with Crippen molar-refractivity contribution in [3.05, 3.63) is 70.8 Å². The lowest BCUT2D eigenvalue weighted by Crippen LogP contribution is -1.98. The molecule has 0 amide bonds. The van der Waals surface area contributed by atoms with Gasteiger partial charge in [-0.1, -0.05) is 66.7 Å². The molecule has 0 N–H and O–H groups in total. The highest BCUT2D eigenvalue weighted by Crippen LogP contribution is 2.44. The van der Waals surface area contributed by atoms with Gasteiger partial charge >= 0.3 is 0 Å². The van der Waals surface area contributed by atoms with Crippen LogP contribution in [0.25, 0.3) is 4.91 Å². The molecular formula is C16H13ClS. The molecule has 90 valence electrons. The Balaban J connectivity index is 1.99. The molecule has 18 heavy (non-hydrogen) atoms. The Kier molecular flexibility index (Phi) is 3.19. The summed E-state index contributed by atoms with van der Waals surface area (Å²) in [6.07, 6.45) is 2.33. The van der Waals surface area contributed by atoms with Crippen LogP contribution in [0.5, 0.6) is 0 Å². The molecule has 2 heteroatoms. The van der Waals surface area contributed by atoms with Crippen LogP contribution in [-0.2, 0) is 0 Å². The van der Waals surface area contributed by atoms with E-state index in [-0.39, 0.29) is 0 Å². The molecule has 1 unspecified atom stereocenters. The molecule has 1 atom stereocenters. The summed E-state index contributed by atoms with van der Waals surface area (Å²) in [5.74, 6) is 0.466. The molecule has 0 saturated carbocycles. The molecule has 0 nitrogen and oxygen atoms in total. The Labute approximate surface area is 117 Å². The molecule has 1 heterocycles. The van der Waals surface area contributed by atoms with Crippen LogP contribution in [0.3, 0.4) is 0 Å². The summed E-state index contributed by atoms with van der Waals surface area (Å²) in [7, 11) is 0. The molecule has 0 aromatic heterocycles. The van der Waals surface area contributed by atoms with Crippen molar-refractivity contribution in [3.63, 3.8) is 0 Å². The van der Waals surface area contributed by atoms with Crippen LogP contribution in [0, 0.1) is 0 Å².